The van der Waals surface area contributed by atoms with Crippen molar-refractivity contribution in [2.45, 2.75) is 11.0 Å². The smallest absolute Gasteiger partial charge is 0.267 e. The van der Waals surface area contributed by atoms with Crippen molar-refractivity contribution in [2.24, 2.45) is 5.73 Å². The maximum Gasteiger partial charge on any atom is 0.267 e. The van der Waals surface area contributed by atoms with Crippen LogP contribution in [0.15, 0.2) is 47.5 Å². The number of carbonyl (C=O) groups excluding carboxylic acids is 1. The monoisotopic (exact) mass is 351 g/mol. The van der Waals surface area contributed by atoms with Gasteiger partial charge in [-0.15, -0.1) is 0 Å². The molecule has 0 unspecified atom stereocenters. The highest BCUT2D eigenvalue weighted by atomic mass is 32.2. The number of sulfonamides is 1. The zero-order valence-corrected chi connectivity index (χ0v) is 13.2. The molecular formula is C15H14FN3O4S. The Hall–Kier alpha value is -2.52. The van der Waals surface area contributed by atoms with E-state index in [-0.39, 0.29) is 23.7 Å². The molecule has 1 saturated heterocycles. The molecule has 1 aliphatic heterocycles. The first-order valence-corrected chi connectivity index (χ1v) is 8.49. The van der Waals surface area contributed by atoms with Crippen LogP contribution in [0, 0.1) is 5.82 Å². The topological polar surface area (TPSA) is 103 Å². The summed E-state index contributed by atoms with van der Waals surface area (Å²) in [6.07, 6.45) is 0.983. The number of rotatable bonds is 5. The quantitative estimate of drug-likeness (QED) is 0.857. The van der Waals surface area contributed by atoms with Gasteiger partial charge in [0.1, 0.15) is 28.3 Å². The summed E-state index contributed by atoms with van der Waals surface area (Å²) in [7, 11) is -3.89. The second-order valence-corrected chi connectivity index (χ2v) is 7.14. The number of benzene rings is 1. The second kappa shape index (κ2) is 6.17. The Balaban J connectivity index is 1.66. The molecule has 0 aliphatic carbocycles. The average molecular weight is 351 g/mol. The van der Waals surface area contributed by atoms with E-state index >= 15 is 0 Å². The Labute approximate surface area is 137 Å². The fraction of sp³-hybridized carbons (Fsp3) is 0.200. The molecule has 1 amide bonds. The molecule has 1 aromatic heterocycles. The normalized spacial score (nSPS) is 15.7. The molecule has 2 N–H and O–H groups in total. The van der Waals surface area contributed by atoms with Gasteiger partial charge in [0.15, 0.2) is 0 Å². The molecule has 2 heterocycles. The third-order valence-electron chi connectivity index (χ3n) is 3.56. The SMILES string of the molecule is NC(=O)c1cc(OC2CN(S(=O)(=O)c3ccccc3F)C2)ccn1. The van der Waals surface area contributed by atoms with Gasteiger partial charge in [-0.2, -0.15) is 4.31 Å². The van der Waals surface area contributed by atoms with Crippen LogP contribution in [0.3, 0.4) is 0 Å². The Morgan fingerprint density at radius 2 is 2.00 bits per heavy atom. The van der Waals surface area contributed by atoms with E-state index < -0.39 is 27.9 Å². The maximum absolute atomic E-state index is 13.7. The van der Waals surface area contributed by atoms with E-state index in [4.69, 9.17) is 10.5 Å². The molecule has 1 aromatic carbocycles. The van der Waals surface area contributed by atoms with Gasteiger partial charge in [0.25, 0.3) is 5.91 Å². The van der Waals surface area contributed by atoms with Crippen molar-refractivity contribution in [1.29, 1.82) is 0 Å². The van der Waals surface area contributed by atoms with Crippen LogP contribution in [0.1, 0.15) is 10.5 Å². The summed E-state index contributed by atoms with van der Waals surface area (Å²) in [5, 5.41) is 0. The van der Waals surface area contributed by atoms with Crippen LogP contribution in [0.5, 0.6) is 5.75 Å². The number of nitrogens with zero attached hydrogens (tertiary/aromatic N) is 2. The van der Waals surface area contributed by atoms with Gasteiger partial charge < -0.3 is 10.5 Å². The summed E-state index contributed by atoms with van der Waals surface area (Å²) >= 11 is 0. The number of hydrogen-bond donors (Lipinski definition) is 1. The fourth-order valence-corrected chi connectivity index (χ4v) is 3.84. The molecule has 0 saturated carbocycles. The van der Waals surface area contributed by atoms with Crippen LogP contribution in [0.4, 0.5) is 4.39 Å². The Morgan fingerprint density at radius 1 is 1.29 bits per heavy atom. The summed E-state index contributed by atoms with van der Waals surface area (Å²) in [5.41, 5.74) is 5.20. The maximum atomic E-state index is 13.7. The van der Waals surface area contributed by atoms with E-state index in [2.05, 4.69) is 4.98 Å². The Morgan fingerprint density at radius 3 is 2.67 bits per heavy atom. The van der Waals surface area contributed by atoms with E-state index in [1.807, 2.05) is 0 Å². The Kier molecular flexibility index (Phi) is 4.20. The second-order valence-electron chi connectivity index (χ2n) is 5.23. The van der Waals surface area contributed by atoms with Gasteiger partial charge in [-0.3, -0.25) is 9.78 Å². The number of hydrogen-bond acceptors (Lipinski definition) is 5. The lowest BCUT2D eigenvalue weighted by Crippen LogP contribution is -2.56. The van der Waals surface area contributed by atoms with E-state index in [1.165, 1.54) is 30.5 Å². The van der Waals surface area contributed by atoms with E-state index in [1.54, 1.807) is 6.07 Å². The number of carbonyl (C=O) groups is 1. The minimum Gasteiger partial charge on any atom is -0.488 e. The third-order valence-corrected chi connectivity index (χ3v) is 5.42. The molecule has 0 bridgehead atoms. The highest BCUT2D eigenvalue weighted by Crippen LogP contribution is 2.26. The third kappa shape index (κ3) is 3.08. The largest absolute Gasteiger partial charge is 0.488 e. The van der Waals surface area contributed by atoms with Gasteiger partial charge in [-0.05, 0) is 18.2 Å². The van der Waals surface area contributed by atoms with Crippen molar-refractivity contribution in [2.75, 3.05) is 13.1 Å². The molecule has 24 heavy (non-hydrogen) atoms. The molecule has 0 radical (unpaired) electrons. The van der Waals surface area contributed by atoms with Crippen molar-refractivity contribution < 1.29 is 22.3 Å². The van der Waals surface area contributed by atoms with Gasteiger partial charge in [-0.1, -0.05) is 12.1 Å². The van der Waals surface area contributed by atoms with Crippen molar-refractivity contribution in [3.63, 3.8) is 0 Å². The van der Waals surface area contributed by atoms with Gasteiger partial charge >= 0.3 is 0 Å². The first kappa shape index (κ1) is 16.3. The minimum atomic E-state index is -3.89. The van der Waals surface area contributed by atoms with Crippen molar-refractivity contribution >= 4 is 15.9 Å². The van der Waals surface area contributed by atoms with Crippen LogP contribution < -0.4 is 10.5 Å². The molecule has 7 nitrogen and oxygen atoms in total. The Bertz CT molecular complexity index is 882. The molecule has 0 atom stereocenters. The summed E-state index contributed by atoms with van der Waals surface area (Å²) < 4.78 is 45.1. The van der Waals surface area contributed by atoms with Gasteiger partial charge in [0.05, 0.1) is 13.1 Å². The number of nitrogens with two attached hydrogens (primary N) is 1. The lowest BCUT2D eigenvalue weighted by Gasteiger charge is -2.37. The number of ether oxygens (including phenoxy) is 1. The van der Waals surface area contributed by atoms with E-state index in [0.717, 1.165) is 10.4 Å². The number of halogens is 1. The average Bonchev–Trinajstić information content (AvgIpc) is 2.50. The predicted molar refractivity (Wildman–Crippen MR) is 82.3 cm³/mol. The highest BCUT2D eigenvalue weighted by Gasteiger charge is 2.39. The summed E-state index contributed by atoms with van der Waals surface area (Å²) in [6, 6.07) is 8.14. The van der Waals surface area contributed by atoms with Crippen LogP contribution in [0.25, 0.3) is 0 Å². The number of pyridine rings is 1. The van der Waals surface area contributed by atoms with Gasteiger partial charge in [0, 0.05) is 12.3 Å². The lowest BCUT2D eigenvalue weighted by atomic mass is 10.2. The zero-order chi connectivity index (χ0) is 17.3. The van der Waals surface area contributed by atoms with Gasteiger partial charge in [-0.25, -0.2) is 12.8 Å². The molecule has 9 heteroatoms. The number of amides is 1. The molecule has 1 aliphatic rings. The highest BCUT2D eigenvalue weighted by molar-refractivity contribution is 7.89. The fourth-order valence-electron chi connectivity index (χ4n) is 2.28. The molecular weight excluding hydrogens is 337 g/mol. The number of aromatic nitrogens is 1. The minimum absolute atomic E-state index is 0.0580. The number of primary amides is 1. The van der Waals surface area contributed by atoms with E-state index in [0.29, 0.717) is 5.75 Å². The first-order valence-electron chi connectivity index (χ1n) is 7.05. The van der Waals surface area contributed by atoms with Gasteiger partial charge in [0.2, 0.25) is 10.0 Å². The van der Waals surface area contributed by atoms with Crippen molar-refractivity contribution in [3.8, 4) is 5.75 Å². The standard InChI is InChI=1S/C15H14FN3O4S/c16-12-3-1-2-4-14(12)24(21,22)19-8-11(9-19)23-10-5-6-18-13(7-10)15(17)20/h1-7,11H,8-9H2,(H2,17,20). The van der Waals surface area contributed by atoms with Crippen molar-refractivity contribution in [1.82, 2.24) is 9.29 Å². The first-order chi connectivity index (χ1) is 11.4. The van der Waals surface area contributed by atoms with E-state index in [9.17, 15) is 17.6 Å². The van der Waals surface area contributed by atoms with Crippen LogP contribution >= 0.6 is 0 Å². The lowest BCUT2D eigenvalue weighted by molar-refractivity contribution is 0.0757. The summed E-state index contributed by atoms with van der Waals surface area (Å²) in [4.78, 5) is 14.5. The molecule has 0 spiro atoms. The predicted octanol–water partition coefficient (Wildman–Crippen LogP) is 0.771. The summed E-state index contributed by atoms with van der Waals surface area (Å²) in [6.45, 7) is 0.176. The zero-order valence-electron chi connectivity index (χ0n) is 12.4. The van der Waals surface area contributed by atoms with Crippen molar-refractivity contribution in [3.05, 3.63) is 54.1 Å². The van der Waals surface area contributed by atoms with Crippen LogP contribution in [-0.4, -0.2) is 42.8 Å². The van der Waals surface area contributed by atoms with Crippen LogP contribution in [0.2, 0.25) is 0 Å². The molecule has 3 rings (SSSR count). The molecule has 126 valence electrons. The molecule has 1 fully saturated rings. The summed E-state index contributed by atoms with van der Waals surface area (Å²) in [5.74, 6) is -1.10. The molecule has 2 aromatic rings. The van der Waals surface area contributed by atoms with Crippen LogP contribution in [-0.2, 0) is 10.0 Å².